The Labute approximate surface area is 123 Å². The topological polar surface area (TPSA) is 88.1 Å². The van der Waals surface area contributed by atoms with Gasteiger partial charge in [0.25, 0.3) is 0 Å². The number of hydrogen-bond acceptors (Lipinski definition) is 6. The van der Waals surface area contributed by atoms with Crippen molar-refractivity contribution in [2.24, 2.45) is 0 Å². The molecule has 7 nitrogen and oxygen atoms in total. The van der Waals surface area contributed by atoms with Crippen LogP contribution in [0.5, 0.6) is 5.75 Å². The summed E-state index contributed by atoms with van der Waals surface area (Å²) in [6.07, 6.45) is 3.32. The number of nitrogen functional groups attached to an aromatic ring is 1. The Morgan fingerprint density at radius 2 is 2.14 bits per heavy atom. The molecule has 2 atom stereocenters. The number of tetrazole rings is 1. The lowest BCUT2D eigenvalue weighted by Crippen LogP contribution is -2.22. The summed E-state index contributed by atoms with van der Waals surface area (Å²) in [5.74, 6) is 1.33. The van der Waals surface area contributed by atoms with Crippen LogP contribution < -0.4 is 10.5 Å². The average molecular weight is 289 g/mol. The molecule has 112 valence electrons. The molecule has 0 saturated heterocycles. The highest BCUT2D eigenvalue weighted by Crippen LogP contribution is 2.35. The monoisotopic (exact) mass is 289 g/mol. The number of anilines is 1. The van der Waals surface area contributed by atoms with E-state index in [1.165, 1.54) is 0 Å². The van der Waals surface area contributed by atoms with Crippen LogP contribution in [0.3, 0.4) is 0 Å². The predicted octanol–water partition coefficient (Wildman–Crippen LogP) is 1.67. The molecule has 21 heavy (non-hydrogen) atoms. The molecular formula is C14H19N5O2. The molecule has 2 aromatic rings. The van der Waals surface area contributed by atoms with Crippen LogP contribution in [-0.4, -0.2) is 40.5 Å². The van der Waals surface area contributed by atoms with Crippen LogP contribution >= 0.6 is 0 Å². The maximum Gasteiger partial charge on any atom is 0.182 e. The minimum absolute atomic E-state index is 0.155. The molecule has 1 heterocycles. The van der Waals surface area contributed by atoms with E-state index in [-0.39, 0.29) is 12.1 Å². The van der Waals surface area contributed by atoms with Gasteiger partial charge in [-0.2, -0.15) is 0 Å². The molecule has 2 unspecified atom stereocenters. The van der Waals surface area contributed by atoms with Gasteiger partial charge in [-0.05, 0) is 47.9 Å². The highest BCUT2D eigenvalue weighted by molar-refractivity contribution is 5.65. The molecule has 0 spiro atoms. The van der Waals surface area contributed by atoms with Crippen molar-refractivity contribution in [3.05, 3.63) is 18.2 Å². The van der Waals surface area contributed by atoms with Crippen LogP contribution in [0.1, 0.15) is 25.3 Å². The van der Waals surface area contributed by atoms with E-state index in [4.69, 9.17) is 15.2 Å². The highest BCUT2D eigenvalue weighted by atomic mass is 16.5. The van der Waals surface area contributed by atoms with Crippen molar-refractivity contribution in [1.29, 1.82) is 0 Å². The summed E-state index contributed by atoms with van der Waals surface area (Å²) in [5, 5.41) is 12.1. The van der Waals surface area contributed by atoms with Gasteiger partial charge >= 0.3 is 0 Å². The fraction of sp³-hybridized carbons (Fsp3) is 0.500. The lowest BCUT2D eigenvalue weighted by Gasteiger charge is -2.19. The molecule has 2 N–H and O–H groups in total. The summed E-state index contributed by atoms with van der Waals surface area (Å²) < 4.78 is 12.7. The van der Waals surface area contributed by atoms with E-state index in [2.05, 4.69) is 15.5 Å². The minimum Gasteiger partial charge on any atom is -0.495 e. The maximum absolute atomic E-state index is 5.85. The Morgan fingerprint density at radius 3 is 2.90 bits per heavy atom. The van der Waals surface area contributed by atoms with Gasteiger partial charge in [-0.15, -0.1) is 5.10 Å². The third kappa shape index (κ3) is 2.44. The van der Waals surface area contributed by atoms with E-state index in [0.717, 1.165) is 24.8 Å². The van der Waals surface area contributed by atoms with Crippen molar-refractivity contribution in [2.45, 2.75) is 31.4 Å². The van der Waals surface area contributed by atoms with E-state index in [0.29, 0.717) is 17.3 Å². The summed E-state index contributed by atoms with van der Waals surface area (Å²) in [6, 6.07) is 5.73. The van der Waals surface area contributed by atoms with Gasteiger partial charge in [-0.25, -0.2) is 4.68 Å². The van der Waals surface area contributed by atoms with Gasteiger partial charge in [-0.1, -0.05) is 0 Å². The predicted molar refractivity (Wildman–Crippen MR) is 77.9 cm³/mol. The van der Waals surface area contributed by atoms with Crippen LogP contribution in [0.4, 0.5) is 5.69 Å². The van der Waals surface area contributed by atoms with E-state index in [1.807, 2.05) is 16.8 Å². The quantitative estimate of drug-likeness (QED) is 0.861. The van der Waals surface area contributed by atoms with Gasteiger partial charge in [0.1, 0.15) is 5.75 Å². The third-order valence-corrected chi connectivity index (χ3v) is 4.02. The summed E-state index contributed by atoms with van der Waals surface area (Å²) in [5.41, 5.74) is 7.33. The van der Waals surface area contributed by atoms with E-state index in [1.54, 1.807) is 20.3 Å². The lowest BCUT2D eigenvalue weighted by molar-refractivity contribution is 0.0708. The molecule has 1 fully saturated rings. The van der Waals surface area contributed by atoms with Gasteiger partial charge in [0, 0.05) is 12.7 Å². The fourth-order valence-electron chi connectivity index (χ4n) is 2.92. The molecule has 1 aromatic heterocycles. The molecule has 0 amide bonds. The van der Waals surface area contributed by atoms with Crippen molar-refractivity contribution in [3.8, 4) is 17.1 Å². The molecule has 1 aliphatic rings. The van der Waals surface area contributed by atoms with Crippen LogP contribution in [0.2, 0.25) is 0 Å². The zero-order valence-electron chi connectivity index (χ0n) is 12.2. The van der Waals surface area contributed by atoms with E-state index in [9.17, 15) is 0 Å². The molecule has 1 aromatic carbocycles. The molecule has 7 heteroatoms. The summed E-state index contributed by atoms with van der Waals surface area (Å²) in [7, 11) is 3.33. The molecule has 0 aliphatic heterocycles. The zero-order valence-corrected chi connectivity index (χ0v) is 12.2. The van der Waals surface area contributed by atoms with Crippen LogP contribution in [0.15, 0.2) is 18.2 Å². The van der Waals surface area contributed by atoms with Crippen LogP contribution in [-0.2, 0) is 4.74 Å². The highest BCUT2D eigenvalue weighted by Gasteiger charge is 2.31. The van der Waals surface area contributed by atoms with Gasteiger partial charge in [0.05, 0.1) is 24.9 Å². The number of ether oxygens (including phenoxy) is 2. The third-order valence-electron chi connectivity index (χ3n) is 4.02. The largest absolute Gasteiger partial charge is 0.495 e. The lowest BCUT2D eigenvalue weighted by atomic mass is 10.1. The first-order valence-corrected chi connectivity index (χ1v) is 6.99. The minimum atomic E-state index is 0.155. The van der Waals surface area contributed by atoms with Crippen molar-refractivity contribution >= 4 is 5.69 Å². The standard InChI is InChI=1S/C14H19N5O2/c1-20-12-5-3-4-11(12)19-14(16-17-18-19)9-6-7-10(15)13(8-9)21-2/h6-8,11-12H,3-5,15H2,1-2H3. The van der Waals surface area contributed by atoms with Crippen molar-refractivity contribution in [3.63, 3.8) is 0 Å². The first-order chi connectivity index (χ1) is 10.2. The van der Waals surface area contributed by atoms with Crippen LogP contribution in [0.25, 0.3) is 11.4 Å². The van der Waals surface area contributed by atoms with Crippen molar-refractivity contribution < 1.29 is 9.47 Å². The van der Waals surface area contributed by atoms with Crippen molar-refractivity contribution in [2.75, 3.05) is 20.0 Å². The molecule has 3 rings (SSSR count). The molecular weight excluding hydrogens is 270 g/mol. The van der Waals surface area contributed by atoms with E-state index >= 15 is 0 Å². The molecule has 0 radical (unpaired) electrons. The van der Waals surface area contributed by atoms with Crippen molar-refractivity contribution in [1.82, 2.24) is 20.2 Å². The summed E-state index contributed by atoms with van der Waals surface area (Å²) in [6.45, 7) is 0. The molecule has 0 bridgehead atoms. The van der Waals surface area contributed by atoms with Gasteiger partial charge in [0.15, 0.2) is 5.82 Å². The first kappa shape index (κ1) is 13.8. The molecule has 1 aliphatic carbocycles. The van der Waals surface area contributed by atoms with Gasteiger partial charge < -0.3 is 15.2 Å². The smallest absolute Gasteiger partial charge is 0.182 e. The zero-order chi connectivity index (χ0) is 14.8. The fourth-order valence-corrected chi connectivity index (χ4v) is 2.92. The Bertz CT molecular complexity index is 628. The number of nitrogens with zero attached hydrogens (tertiary/aromatic N) is 4. The second kappa shape index (κ2) is 5.69. The van der Waals surface area contributed by atoms with Gasteiger partial charge in [-0.3, -0.25) is 0 Å². The SMILES string of the molecule is COc1cc(-c2nnnn2C2CCCC2OC)ccc1N. The Balaban J connectivity index is 1.99. The number of aromatic nitrogens is 4. The summed E-state index contributed by atoms with van der Waals surface area (Å²) >= 11 is 0. The van der Waals surface area contributed by atoms with Gasteiger partial charge in [0.2, 0.25) is 0 Å². The maximum atomic E-state index is 5.85. The molecule has 1 saturated carbocycles. The van der Waals surface area contributed by atoms with Crippen LogP contribution in [0, 0.1) is 0 Å². The Kier molecular flexibility index (Phi) is 3.74. The number of hydrogen-bond donors (Lipinski definition) is 1. The van der Waals surface area contributed by atoms with E-state index < -0.39 is 0 Å². The summed E-state index contributed by atoms with van der Waals surface area (Å²) in [4.78, 5) is 0. The first-order valence-electron chi connectivity index (χ1n) is 6.99. The number of rotatable bonds is 4. The number of methoxy groups -OCH3 is 2. The normalized spacial score (nSPS) is 21.6. The average Bonchev–Trinajstić information content (AvgIpc) is 3.15. The number of benzene rings is 1. The number of nitrogens with two attached hydrogens (primary N) is 1. The second-order valence-electron chi connectivity index (χ2n) is 5.18. The Morgan fingerprint density at radius 1 is 1.29 bits per heavy atom. The second-order valence-corrected chi connectivity index (χ2v) is 5.18. The Hall–Kier alpha value is -2.15.